The first-order chi connectivity index (χ1) is 15.4. The zero-order valence-electron chi connectivity index (χ0n) is 17.8. The summed E-state index contributed by atoms with van der Waals surface area (Å²) in [4.78, 5) is 28.8. The van der Waals surface area contributed by atoms with Crippen molar-refractivity contribution in [2.75, 3.05) is 17.7 Å². The first kappa shape index (κ1) is 21.3. The molecule has 11 heteroatoms. The number of amides is 1. The number of rotatable bonds is 8. The van der Waals surface area contributed by atoms with Crippen LogP contribution >= 0.6 is 0 Å². The minimum atomic E-state index is -1.13. The van der Waals surface area contributed by atoms with Gasteiger partial charge in [-0.25, -0.2) is 9.37 Å². The van der Waals surface area contributed by atoms with E-state index in [0.717, 1.165) is 0 Å². The number of benzene rings is 1. The van der Waals surface area contributed by atoms with Gasteiger partial charge in [-0.1, -0.05) is 13.0 Å². The molecular formula is C21H22FN7O3. The Bertz CT molecular complexity index is 1180. The highest BCUT2D eigenvalue weighted by molar-refractivity contribution is 6.01. The predicted octanol–water partition coefficient (Wildman–Crippen LogP) is 2.91. The van der Waals surface area contributed by atoms with Crippen LogP contribution in [0.4, 0.5) is 21.6 Å². The summed E-state index contributed by atoms with van der Waals surface area (Å²) < 4.78 is 20.4. The summed E-state index contributed by atoms with van der Waals surface area (Å²) in [5, 5.41) is 17.9. The molecule has 2 aromatic heterocycles. The molecule has 32 heavy (non-hydrogen) atoms. The van der Waals surface area contributed by atoms with Gasteiger partial charge in [0.05, 0.1) is 30.0 Å². The molecule has 3 aromatic rings. The molecule has 4 rings (SSSR count). The number of nitrogens with zero attached hydrogens (tertiary/aromatic N) is 5. The minimum Gasteiger partial charge on any atom is -0.494 e. The highest BCUT2D eigenvalue weighted by Crippen LogP contribution is 2.38. The number of alkyl halides is 1. The Hall–Kier alpha value is -3.89. The second-order valence-corrected chi connectivity index (χ2v) is 7.37. The highest BCUT2D eigenvalue weighted by Gasteiger charge is 2.43. The molecule has 1 aliphatic carbocycles. The fraction of sp³-hybridized carbons (Fsp3) is 0.333. The number of Topliss-reactive ketones (excluding diaryl/α,β-unsaturated/α-hetero) is 1. The van der Waals surface area contributed by atoms with E-state index < -0.39 is 18.0 Å². The standard InChI is InChI=1S/C21H22FN7O3/c1-4-16(30)18-15(9-17(26-27-18)25-21(31)12-8-13(12)22)24-14-7-5-6-11(19(14)32-3)20-23-10-29(2)28-20/h5-7,9-10,12-13H,4,8H2,1-3H3,(H2,24,25,26,31)/t12-,13+/m0/s1. The van der Waals surface area contributed by atoms with E-state index in [1.54, 1.807) is 37.1 Å². The number of carbonyl (C=O) groups is 2. The van der Waals surface area contributed by atoms with Crippen molar-refractivity contribution in [2.24, 2.45) is 13.0 Å². The first-order valence-electron chi connectivity index (χ1n) is 10.1. The van der Waals surface area contributed by atoms with E-state index in [2.05, 4.69) is 30.9 Å². The second kappa shape index (κ2) is 8.69. The van der Waals surface area contributed by atoms with Gasteiger partial charge in [-0.15, -0.1) is 10.2 Å². The lowest BCUT2D eigenvalue weighted by molar-refractivity contribution is -0.117. The summed E-state index contributed by atoms with van der Waals surface area (Å²) in [5.74, 6) is -0.310. The Morgan fingerprint density at radius 2 is 2.06 bits per heavy atom. The molecule has 0 saturated heterocycles. The van der Waals surface area contributed by atoms with E-state index in [-0.39, 0.29) is 30.1 Å². The number of nitrogens with one attached hydrogen (secondary N) is 2. The molecule has 0 aliphatic heterocycles. The number of ketones is 1. The summed E-state index contributed by atoms with van der Waals surface area (Å²) in [5.41, 5.74) is 1.64. The second-order valence-electron chi connectivity index (χ2n) is 7.37. The number of hydrogen-bond acceptors (Lipinski definition) is 8. The molecule has 166 valence electrons. The van der Waals surface area contributed by atoms with Crippen molar-refractivity contribution < 1.29 is 18.7 Å². The first-order valence-corrected chi connectivity index (χ1v) is 10.1. The van der Waals surface area contributed by atoms with E-state index in [1.165, 1.54) is 13.2 Å². The van der Waals surface area contributed by atoms with Gasteiger partial charge in [-0.05, 0) is 18.6 Å². The van der Waals surface area contributed by atoms with Gasteiger partial charge < -0.3 is 15.4 Å². The van der Waals surface area contributed by atoms with Crippen LogP contribution in [-0.4, -0.2) is 49.9 Å². The number of carbonyl (C=O) groups excluding carboxylic acids is 2. The van der Waals surface area contributed by atoms with Crippen LogP contribution in [0.25, 0.3) is 11.4 Å². The van der Waals surface area contributed by atoms with Crippen molar-refractivity contribution >= 4 is 28.9 Å². The quantitative estimate of drug-likeness (QED) is 0.514. The topological polar surface area (TPSA) is 124 Å². The maximum atomic E-state index is 13.2. The number of hydrogen-bond donors (Lipinski definition) is 2. The van der Waals surface area contributed by atoms with Crippen LogP contribution in [0.1, 0.15) is 30.3 Å². The molecular weight excluding hydrogens is 417 g/mol. The minimum absolute atomic E-state index is 0.115. The summed E-state index contributed by atoms with van der Waals surface area (Å²) in [7, 11) is 3.28. The highest BCUT2D eigenvalue weighted by atomic mass is 19.1. The van der Waals surface area contributed by atoms with Crippen molar-refractivity contribution in [1.82, 2.24) is 25.0 Å². The maximum Gasteiger partial charge on any atom is 0.231 e. The fourth-order valence-corrected chi connectivity index (χ4v) is 3.21. The van der Waals surface area contributed by atoms with Gasteiger partial charge in [0.15, 0.2) is 28.9 Å². The molecule has 0 bridgehead atoms. The van der Waals surface area contributed by atoms with Crippen molar-refractivity contribution in [1.29, 1.82) is 0 Å². The summed E-state index contributed by atoms with van der Waals surface area (Å²) in [6, 6.07) is 6.87. The molecule has 0 unspecified atom stereocenters. The van der Waals surface area contributed by atoms with Crippen LogP contribution in [0.3, 0.4) is 0 Å². The summed E-state index contributed by atoms with van der Waals surface area (Å²) >= 11 is 0. The van der Waals surface area contributed by atoms with Gasteiger partial charge in [0.1, 0.15) is 12.5 Å². The van der Waals surface area contributed by atoms with Crippen LogP contribution in [0, 0.1) is 5.92 Å². The van der Waals surface area contributed by atoms with Crippen LogP contribution in [0.15, 0.2) is 30.6 Å². The Morgan fingerprint density at radius 1 is 1.28 bits per heavy atom. The number of halogens is 1. The largest absolute Gasteiger partial charge is 0.494 e. The number of anilines is 3. The zero-order valence-corrected chi connectivity index (χ0v) is 17.8. The maximum absolute atomic E-state index is 13.2. The Balaban J connectivity index is 1.70. The average Bonchev–Trinajstić information content (AvgIpc) is 3.37. The van der Waals surface area contributed by atoms with E-state index in [4.69, 9.17) is 4.74 Å². The molecule has 1 fully saturated rings. The third kappa shape index (κ3) is 4.27. The van der Waals surface area contributed by atoms with Crippen LogP contribution in [0.5, 0.6) is 5.75 Å². The Kier molecular flexibility index (Phi) is 5.80. The normalized spacial score (nSPS) is 17.0. The van der Waals surface area contributed by atoms with E-state index in [9.17, 15) is 14.0 Å². The Morgan fingerprint density at radius 3 is 2.69 bits per heavy atom. The Labute approximate surface area is 183 Å². The monoisotopic (exact) mass is 439 g/mol. The van der Waals surface area contributed by atoms with Gasteiger partial charge in [0.2, 0.25) is 5.91 Å². The van der Waals surface area contributed by atoms with Crippen LogP contribution in [0.2, 0.25) is 0 Å². The fourth-order valence-electron chi connectivity index (χ4n) is 3.21. The lowest BCUT2D eigenvalue weighted by Gasteiger charge is -2.16. The molecule has 2 heterocycles. The van der Waals surface area contributed by atoms with Gasteiger partial charge in [0.25, 0.3) is 0 Å². The molecule has 1 aliphatic rings. The number of aryl methyl sites for hydroxylation is 1. The van der Waals surface area contributed by atoms with Crippen molar-refractivity contribution in [2.45, 2.75) is 25.9 Å². The predicted molar refractivity (Wildman–Crippen MR) is 115 cm³/mol. The van der Waals surface area contributed by atoms with Gasteiger partial charge in [0, 0.05) is 19.5 Å². The van der Waals surface area contributed by atoms with Gasteiger partial charge in [-0.2, -0.15) is 5.10 Å². The molecule has 2 N–H and O–H groups in total. The van der Waals surface area contributed by atoms with E-state index in [0.29, 0.717) is 28.5 Å². The SMILES string of the molecule is CCC(=O)c1nnc(NC(=O)[C@H]2C[C@H]2F)cc1Nc1cccc(-c2ncn(C)n2)c1OC. The third-order valence-corrected chi connectivity index (χ3v) is 5.01. The van der Waals surface area contributed by atoms with E-state index in [1.807, 2.05) is 6.07 Å². The number of methoxy groups -OCH3 is 1. The lowest BCUT2D eigenvalue weighted by Crippen LogP contribution is -2.17. The number of para-hydroxylation sites is 1. The summed E-state index contributed by atoms with van der Waals surface area (Å²) in [6.07, 6.45) is 0.864. The number of ether oxygens (including phenoxy) is 1. The summed E-state index contributed by atoms with van der Waals surface area (Å²) in [6.45, 7) is 1.71. The third-order valence-electron chi connectivity index (χ3n) is 5.01. The smallest absolute Gasteiger partial charge is 0.231 e. The molecule has 2 atom stereocenters. The van der Waals surface area contributed by atoms with Crippen molar-refractivity contribution in [3.05, 3.63) is 36.3 Å². The van der Waals surface area contributed by atoms with Crippen LogP contribution < -0.4 is 15.4 Å². The van der Waals surface area contributed by atoms with E-state index >= 15 is 0 Å². The zero-order chi connectivity index (χ0) is 22.8. The van der Waals surface area contributed by atoms with Gasteiger partial charge >= 0.3 is 0 Å². The molecule has 0 spiro atoms. The van der Waals surface area contributed by atoms with Crippen LogP contribution in [-0.2, 0) is 11.8 Å². The molecule has 10 nitrogen and oxygen atoms in total. The molecule has 1 amide bonds. The van der Waals surface area contributed by atoms with Crippen molar-refractivity contribution in [3.63, 3.8) is 0 Å². The lowest BCUT2D eigenvalue weighted by atomic mass is 10.1. The molecule has 1 saturated carbocycles. The molecule has 0 radical (unpaired) electrons. The molecule has 1 aromatic carbocycles. The number of aromatic nitrogens is 5. The average molecular weight is 439 g/mol. The van der Waals surface area contributed by atoms with Gasteiger partial charge in [-0.3, -0.25) is 14.3 Å². The van der Waals surface area contributed by atoms with Crippen molar-refractivity contribution in [3.8, 4) is 17.1 Å².